The molecule has 16 heavy (non-hydrogen) atoms. The number of benzene rings is 1. The predicted octanol–water partition coefficient (Wildman–Crippen LogP) is 2.47. The summed E-state index contributed by atoms with van der Waals surface area (Å²) in [6.07, 6.45) is 1.04. The van der Waals surface area contributed by atoms with Crippen LogP contribution in [-0.4, -0.2) is 28.7 Å². The van der Waals surface area contributed by atoms with Crippen molar-refractivity contribution < 1.29 is 5.11 Å². The Morgan fingerprint density at radius 2 is 2.12 bits per heavy atom. The molecule has 0 fully saturated rings. The molecule has 3 heteroatoms. The van der Waals surface area contributed by atoms with Gasteiger partial charge in [0.2, 0.25) is 0 Å². The lowest BCUT2D eigenvalue weighted by Gasteiger charge is -2.33. The molecule has 0 radical (unpaired) electrons. The summed E-state index contributed by atoms with van der Waals surface area (Å²) in [6.45, 7) is 6.30. The molecule has 1 heterocycles. The fraction of sp³-hybridized carbons (Fsp3) is 0.538. The average Bonchev–Trinajstić information content (AvgIpc) is 2.14. The maximum atomic E-state index is 9.80. The van der Waals surface area contributed by atoms with E-state index in [1.165, 1.54) is 11.1 Å². The number of hydrogen-bond acceptors (Lipinski definition) is 2. The van der Waals surface area contributed by atoms with E-state index in [1.54, 1.807) is 0 Å². The topological polar surface area (TPSA) is 23.5 Å². The van der Waals surface area contributed by atoms with Gasteiger partial charge in [-0.3, -0.25) is 4.90 Å². The first kappa shape index (κ1) is 11.9. The second-order valence-corrected chi connectivity index (χ2v) is 5.62. The van der Waals surface area contributed by atoms with E-state index < -0.39 is 5.60 Å². The molecule has 0 atom stereocenters. The number of nitrogens with zero attached hydrogens (tertiary/aromatic N) is 1. The largest absolute Gasteiger partial charge is 0.389 e. The molecule has 0 aromatic heterocycles. The van der Waals surface area contributed by atoms with Crippen molar-refractivity contribution in [2.24, 2.45) is 0 Å². The maximum absolute atomic E-state index is 9.80. The van der Waals surface area contributed by atoms with Crippen molar-refractivity contribution in [3.63, 3.8) is 0 Å². The van der Waals surface area contributed by atoms with Crippen LogP contribution >= 0.6 is 11.6 Å². The van der Waals surface area contributed by atoms with Gasteiger partial charge in [-0.25, -0.2) is 0 Å². The molecule has 2 nitrogen and oxygen atoms in total. The monoisotopic (exact) mass is 239 g/mol. The first-order chi connectivity index (χ1) is 7.44. The average molecular weight is 240 g/mol. The second kappa shape index (κ2) is 4.36. The van der Waals surface area contributed by atoms with Gasteiger partial charge < -0.3 is 5.11 Å². The van der Waals surface area contributed by atoms with Gasteiger partial charge in [0.25, 0.3) is 0 Å². The van der Waals surface area contributed by atoms with Crippen LogP contribution in [0.4, 0.5) is 0 Å². The molecule has 1 aliphatic rings. The van der Waals surface area contributed by atoms with E-state index in [-0.39, 0.29) is 0 Å². The number of fused-ring (bicyclic) bond motifs is 1. The van der Waals surface area contributed by atoms with Crippen LogP contribution in [0.1, 0.15) is 25.0 Å². The highest BCUT2D eigenvalue weighted by Crippen LogP contribution is 2.23. The molecule has 88 valence electrons. The van der Waals surface area contributed by atoms with Crippen molar-refractivity contribution in [3.8, 4) is 0 Å². The number of β-amino-alcohol motifs (C(OH)–C–C–N with tert-alkyl or cyclic N) is 1. The lowest BCUT2D eigenvalue weighted by Crippen LogP contribution is -2.41. The van der Waals surface area contributed by atoms with Gasteiger partial charge >= 0.3 is 0 Å². The SMILES string of the molecule is CC(C)(O)CN1CCc2ccc(Cl)cc2C1. The van der Waals surface area contributed by atoms with Gasteiger partial charge in [-0.2, -0.15) is 0 Å². The van der Waals surface area contributed by atoms with Crippen molar-refractivity contribution in [3.05, 3.63) is 34.3 Å². The Bertz CT molecular complexity index is 384. The molecule has 1 N–H and O–H groups in total. The van der Waals surface area contributed by atoms with Crippen LogP contribution in [0, 0.1) is 0 Å². The predicted molar refractivity (Wildman–Crippen MR) is 66.7 cm³/mol. The zero-order valence-electron chi connectivity index (χ0n) is 9.83. The molecular formula is C13H18ClNO. The summed E-state index contributed by atoms with van der Waals surface area (Å²) in [7, 11) is 0. The Kier molecular flexibility index (Phi) is 3.24. The van der Waals surface area contributed by atoms with Gasteiger partial charge in [-0.05, 0) is 43.5 Å². The van der Waals surface area contributed by atoms with E-state index in [9.17, 15) is 5.11 Å². The first-order valence-corrected chi connectivity index (χ1v) is 6.04. The zero-order valence-corrected chi connectivity index (χ0v) is 10.6. The molecule has 0 amide bonds. The van der Waals surface area contributed by atoms with E-state index in [0.717, 1.165) is 24.5 Å². The van der Waals surface area contributed by atoms with Crippen LogP contribution in [0.3, 0.4) is 0 Å². The third-order valence-electron chi connectivity index (χ3n) is 2.87. The highest BCUT2D eigenvalue weighted by Gasteiger charge is 2.22. The van der Waals surface area contributed by atoms with Gasteiger partial charge in [0, 0.05) is 24.7 Å². The lowest BCUT2D eigenvalue weighted by atomic mass is 9.98. The Labute approximate surface area is 102 Å². The van der Waals surface area contributed by atoms with Crippen molar-refractivity contribution in [2.45, 2.75) is 32.4 Å². The number of halogens is 1. The van der Waals surface area contributed by atoms with Gasteiger partial charge in [-0.1, -0.05) is 17.7 Å². The molecule has 0 saturated carbocycles. The molecule has 0 saturated heterocycles. The molecule has 1 aromatic rings. The summed E-state index contributed by atoms with van der Waals surface area (Å²) in [6, 6.07) is 6.10. The van der Waals surface area contributed by atoms with Crippen molar-refractivity contribution >= 4 is 11.6 Å². The van der Waals surface area contributed by atoms with Crippen LogP contribution in [0.25, 0.3) is 0 Å². The minimum Gasteiger partial charge on any atom is -0.389 e. The van der Waals surface area contributed by atoms with Crippen molar-refractivity contribution in [1.82, 2.24) is 4.90 Å². The van der Waals surface area contributed by atoms with E-state index in [1.807, 2.05) is 26.0 Å². The summed E-state index contributed by atoms with van der Waals surface area (Å²) < 4.78 is 0. The standard InChI is InChI=1S/C13H18ClNO/c1-13(2,16)9-15-6-5-10-3-4-12(14)7-11(10)8-15/h3-4,7,16H,5-6,8-9H2,1-2H3. The molecule has 0 spiro atoms. The molecule has 2 rings (SSSR count). The Morgan fingerprint density at radius 1 is 1.38 bits per heavy atom. The molecule has 1 aromatic carbocycles. The Balaban J connectivity index is 2.11. The number of hydrogen-bond donors (Lipinski definition) is 1. The summed E-state index contributed by atoms with van der Waals surface area (Å²) >= 11 is 5.99. The van der Waals surface area contributed by atoms with E-state index in [2.05, 4.69) is 11.0 Å². The molecular weight excluding hydrogens is 222 g/mol. The van der Waals surface area contributed by atoms with Crippen molar-refractivity contribution in [1.29, 1.82) is 0 Å². The number of rotatable bonds is 2. The minimum atomic E-state index is -0.629. The summed E-state index contributed by atoms with van der Waals surface area (Å²) in [4.78, 5) is 2.28. The summed E-state index contributed by atoms with van der Waals surface area (Å²) in [5.41, 5.74) is 2.05. The summed E-state index contributed by atoms with van der Waals surface area (Å²) in [5, 5.41) is 10.6. The van der Waals surface area contributed by atoms with Crippen LogP contribution in [0.5, 0.6) is 0 Å². The number of aliphatic hydroxyl groups is 1. The fourth-order valence-corrected chi connectivity index (χ4v) is 2.46. The van der Waals surface area contributed by atoms with Crippen LogP contribution in [0.2, 0.25) is 5.02 Å². The van der Waals surface area contributed by atoms with Crippen LogP contribution in [0.15, 0.2) is 18.2 Å². The molecule has 0 unspecified atom stereocenters. The van der Waals surface area contributed by atoms with Gasteiger partial charge in [0.15, 0.2) is 0 Å². The molecule has 0 aliphatic carbocycles. The van der Waals surface area contributed by atoms with Gasteiger partial charge in [-0.15, -0.1) is 0 Å². The highest BCUT2D eigenvalue weighted by molar-refractivity contribution is 6.30. The zero-order chi connectivity index (χ0) is 11.8. The Hall–Kier alpha value is -0.570. The van der Waals surface area contributed by atoms with E-state index in [0.29, 0.717) is 6.54 Å². The maximum Gasteiger partial charge on any atom is 0.0718 e. The van der Waals surface area contributed by atoms with Crippen LogP contribution in [-0.2, 0) is 13.0 Å². The normalized spacial score (nSPS) is 17.2. The highest BCUT2D eigenvalue weighted by atomic mass is 35.5. The van der Waals surface area contributed by atoms with Crippen LogP contribution < -0.4 is 0 Å². The Morgan fingerprint density at radius 3 is 2.81 bits per heavy atom. The smallest absolute Gasteiger partial charge is 0.0718 e. The second-order valence-electron chi connectivity index (χ2n) is 5.19. The molecule has 1 aliphatic heterocycles. The van der Waals surface area contributed by atoms with Crippen molar-refractivity contribution in [2.75, 3.05) is 13.1 Å². The lowest BCUT2D eigenvalue weighted by molar-refractivity contribution is 0.0318. The van der Waals surface area contributed by atoms with Gasteiger partial charge in [0.05, 0.1) is 5.60 Å². The van der Waals surface area contributed by atoms with Gasteiger partial charge in [0.1, 0.15) is 0 Å². The first-order valence-electron chi connectivity index (χ1n) is 5.66. The van der Waals surface area contributed by atoms with E-state index >= 15 is 0 Å². The minimum absolute atomic E-state index is 0.629. The quantitative estimate of drug-likeness (QED) is 0.857. The summed E-state index contributed by atoms with van der Waals surface area (Å²) in [5.74, 6) is 0. The molecule has 0 bridgehead atoms. The fourth-order valence-electron chi connectivity index (χ4n) is 2.27. The third-order valence-corrected chi connectivity index (χ3v) is 3.11. The van der Waals surface area contributed by atoms with E-state index in [4.69, 9.17) is 11.6 Å². The third kappa shape index (κ3) is 2.97.